The minimum atomic E-state index is -3.57. The molecular weight excluding hydrogens is 368 g/mol. The van der Waals surface area contributed by atoms with Gasteiger partial charge in [0.05, 0.1) is 16.4 Å². The molecule has 0 amide bonds. The van der Waals surface area contributed by atoms with Crippen LogP contribution in [0.3, 0.4) is 0 Å². The van der Waals surface area contributed by atoms with E-state index in [9.17, 15) is 8.42 Å². The third-order valence-corrected chi connectivity index (χ3v) is 5.48. The zero-order valence-electron chi connectivity index (χ0n) is 12.0. The predicted molar refractivity (Wildman–Crippen MR) is 86.0 cm³/mol. The van der Waals surface area contributed by atoms with Crippen LogP contribution in [-0.2, 0) is 14.6 Å². The molecule has 2 aromatic rings. The van der Waals surface area contributed by atoms with Crippen molar-refractivity contribution in [3.05, 3.63) is 52.5 Å². The monoisotopic (exact) mass is 382 g/mol. The van der Waals surface area contributed by atoms with Crippen molar-refractivity contribution >= 4 is 25.8 Å². The average molecular weight is 383 g/mol. The van der Waals surface area contributed by atoms with E-state index in [0.717, 1.165) is 5.56 Å². The van der Waals surface area contributed by atoms with Gasteiger partial charge in [0.15, 0.2) is 0 Å². The number of hydrogen-bond acceptors (Lipinski definition) is 4. The van der Waals surface area contributed by atoms with Gasteiger partial charge >= 0.3 is 0 Å². The number of sulfone groups is 1. The summed E-state index contributed by atoms with van der Waals surface area (Å²) in [6.45, 7) is 2.99. The van der Waals surface area contributed by atoms with E-state index >= 15 is 0 Å². The van der Waals surface area contributed by atoms with Crippen LogP contribution in [0, 0.1) is 6.92 Å². The number of rotatable bonds is 5. The molecule has 1 aliphatic heterocycles. The Hall–Kier alpha value is -1.37. The van der Waals surface area contributed by atoms with Gasteiger partial charge in [-0.2, -0.15) is 0 Å². The van der Waals surface area contributed by atoms with Gasteiger partial charge in [-0.3, -0.25) is 0 Å². The predicted octanol–water partition coefficient (Wildman–Crippen LogP) is 3.37. The quantitative estimate of drug-likeness (QED) is 0.743. The molecule has 1 heterocycles. The highest BCUT2D eigenvalue weighted by Gasteiger charge is 2.24. The van der Waals surface area contributed by atoms with Gasteiger partial charge in [-0.05, 0) is 42.8 Å². The van der Waals surface area contributed by atoms with Gasteiger partial charge in [0.25, 0.3) is 0 Å². The Labute approximate surface area is 138 Å². The van der Waals surface area contributed by atoms with E-state index in [1.165, 1.54) is 0 Å². The minimum absolute atomic E-state index is 0.121. The van der Waals surface area contributed by atoms with Crippen molar-refractivity contribution in [1.29, 1.82) is 0 Å². The molecule has 0 aromatic heterocycles. The molecule has 1 aliphatic rings. The van der Waals surface area contributed by atoms with Crippen molar-refractivity contribution in [3.8, 4) is 5.75 Å². The molecule has 0 spiro atoms. The maximum Gasteiger partial charge on any atom is 0.206 e. The molecule has 1 atom stereocenters. The van der Waals surface area contributed by atoms with E-state index in [2.05, 4.69) is 15.9 Å². The Bertz CT molecular complexity index is 798. The highest BCUT2D eigenvalue weighted by Crippen LogP contribution is 2.29. The van der Waals surface area contributed by atoms with Crippen LogP contribution < -0.4 is 4.74 Å². The van der Waals surface area contributed by atoms with Crippen LogP contribution in [0.2, 0.25) is 0 Å². The fourth-order valence-electron chi connectivity index (χ4n) is 2.05. The lowest BCUT2D eigenvalue weighted by Gasteiger charge is -2.10. The molecular formula is C16H15BrO4S. The summed E-state index contributed by atoms with van der Waals surface area (Å²) in [5, 5.41) is 0. The standard InChI is InChI=1S/C16H15BrO4S/c1-11-3-2-4-15(5-11)22(18,19)16-7-12(17)6-13(8-16)20-9-14-10-21-14/h2-8,14H,9-10H2,1H3. The topological polar surface area (TPSA) is 55.9 Å². The van der Waals surface area contributed by atoms with Gasteiger partial charge in [0.1, 0.15) is 18.5 Å². The zero-order valence-corrected chi connectivity index (χ0v) is 14.4. The molecule has 1 saturated heterocycles. The van der Waals surface area contributed by atoms with E-state index in [4.69, 9.17) is 9.47 Å². The maximum atomic E-state index is 12.7. The number of halogens is 1. The fourth-order valence-corrected chi connectivity index (χ4v) is 4.10. The molecule has 0 aliphatic carbocycles. The van der Waals surface area contributed by atoms with Crippen LogP contribution >= 0.6 is 15.9 Å². The third-order valence-electron chi connectivity index (χ3n) is 3.29. The highest BCUT2D eigenvalue weighted by atomic mass is 79.9. The molecule has 4 nitrogen and oxygen atoms in total. The van der Waals surface area contributed by atoms with Gasteiger partial charge in [-0.1, -0.05) is 28.1 Å². The molecule has 6 heteroatoms. The van der Waals surface area contributed by atoms with Crippen molar-refractivity contribution < 1.29 is 17.9 Å². The van der Waals surface area contributed by atoms with Crippen LogP contribution in [0.15, 0.2) is 56.7 Å². The largest absolute Gasteiger partial charge is 0.491 e. The van der Waals surface area contributed by atoms with E-state index in [0.29, 0.717) is 23.4 Å². The smallest absolute Gasteiger partial charge is 0.206 e. The van der Waals surface area contributed by atoms with Crippen LogP contribution in [0.25, 0.3) is 0 Å². The van der Waals surface area contributed by atoms with Crippen LogP contribution in [0.5, 0.6) is 5.75 Å². The minimum Gasteiger partial charge on any atom is -0.491 e. The van der Waals surface area contributed by atoms with E-state index in [-0.39, 0.29) is 15.9 Å². The van der Waals surface area contributed by atoms with Crippen molar-refractivity contribution in [3.63, 3.8) is 0 Å². The summed E-state index contributed by atoms with van der Waals surface area (Å²) in [5.41, 5.74) is 0.901. The first-order valence-electron chi connectivity index (χ1n) is 6.82. The van der Waals surface area contributed by atoms with Gasteiger partial charge in [0, 0.05) is 4.47 Å². The highest BCUT2D eigenvalue weighted by molar-refractivity contribution is 9.10. The van der Waals surface area contributed by atoms with Crippen molar-refractivity contribution in [2.24, 2.45) is 0 Å². The van der Waals surface area contributed by atoms with Crippen molar-refractivity contribution in [2.45, 2.75) is 22.8 Å². The Balaban J connectivity index is 1.95. The van der Waals surface area contributed by atoms with E-state index in [1.54, 1.807) is 36.4 Å². The second-order valence-corrected chi connectivity index (χ2v) is 8.07. The summed E-state index contributed by atoms with van der Waals surface area (Å²) in [6.07, 6.45) is 0.121. The fraction of sp³-hybridized carbons (Fsp3) is 0.250. The summed E-state index contributed by atoms with van der Waals surface area (Å²) < 4.78 is 36.8. The summed E-state index contributed by atoms with van der Waals surface area (Å²) >= 11 is 3.34. The van der Waals surface area contributed by atoms with Crippen molar-refractivity contribution in [1.82, 2.24) is 0 Å². The van der Waals surface area contributed by atoms with Crippen molar-refractivity contribution in [2.75, 3.05) is 13.2 Å². The second kappa shape index (κ2) is 6.02. The number of hydrogen-bond donors (Lipinski definition) is 0. The first-order valence-corrected chi connectivity index (χ1v) is 9.09. The van der Waals surface area contributed by atoms with E-state index in [1.807, 2.05) is 13.0 Å². The van der Waals surface area contributed by atoms with Gasteiger partial charge in [-0.25, -0.2) is 8.42 Å². The lowest BCUT2D eigenvalue weighted by molar-refractivity contribution is 0.262. The van der Waals surface area contributed by atoms with Crippen LogP contribution in [0.1, 0.15) is 5.56 Å². The Morgan fingerprint density at radius 1 is 1.23 bits per heavy atom. The van der Waals surface area contributed by atoms with Gasteiger partial charge in [-0.15, -0.1) is 0 Å². The molecule has 0 saturated carbocycles. The summed E-state index contributed by atoms with van der Waals surface area (Å²) in [4.78, 5) is 0.487. The molecule has 1 unspecified atom stereocenters. The number of ether oxygens (including phenoxy) is 2. The number of epoxide rings is 1. The molecule has 22 heavy (non-hydrogen) atoms. The lowest BCUT2D eigenvalue weighted by atomic mass is 10.2. The molecule has 0 N–H and O–H groups in total. The number of aryl methyl sites for hydroxylation is 1. The second-order valence-electron chi connectivity index (χ2n) is 5.21. The summed E-state index contributed by atoms with van der Waals surface area (Å²) in [6, 6.07) is 11.7. The molecule has 116 valence electrons. The summed E-state index contributed by atoms with van der Waals surface area (Å²) in [7, 11) is -3.57. The van der Waals surface area contributed by atoms with Crippen LogP contribution in [-0.4, -0.2) is 27.7 Å². The first kappa shape index (κ1) is 15.5. The van der Waals surface area contributed by atoms with Gasteiger partial charge < -0.3 is 9.47 Å². The molecule has 0 bridgehead atoms. The third kappa shape index (κ3) is 3.51. The molecule has 3 rings (SSSR count). The Kier molecular flexibility index (Phi) is 4.25. The zero-order chi connectivity index (χ0) is 15.7. The first-order chi connectivity index (χ1) is 10.4. The molecule has 2 aromatic carbocycles. The Morgan fingerprint density at radius 2 is 2.00 bits per heavy atom. The Morgan fingerprint density at radius 3 is 2.68 bits per heavy atom. The van der Waals surface area contributed by atoms with E-state index < -0.39 is 9.84 Å². The van der Waals surface area contributed by atoms with Gasteiger partial charge in [0.2, 0.25) is 9.84 Å². The SMILES string of the molecule is Cc1cccc(S(=O)(=O)c2cc(Br)cc(OCC3CO3)c2)c1. The normalized spacial score (nSPS) is 17.3. The average Bonchev–Trinajstić information content (AvgIpc) is 3.29. The number of benzene rings is 2. The lowest BCUT2D eigenvalue weighted by Crippen LogP contribution is -2.06. The maximum absolute atomic E-state index is 12.7. The summed E-state index contributed by atoms with van der Waals surface area (Å²) in [5.74, 6) is 0.510. The van der Waals surface area contributed by atoms with Crippen LogP contribution in [0.4, 0.5) is 0 Å². The molecule has 0 radical (unpaired) electrons. The molecule has 1 fully saturated rings.